The van der Waals surface area contributed by atoms with E-state index in [0.29, 0.717) is 0 Å². The standard InChI is InChI=1S/C25H19N3/c1-18-9-7-12-20(17-18)24-26-27-25(28(24)21-13-3-2-4-14-21)23-16-8-11-19-10-5-6-15-22(19)23/h2-17H,1H3. The molecule has 0 aliphatic heterocycles. The summed E-state index contributed by atoms with van der Waals surface area (Å²) in [7, 11) is 0. The molecular formula is C25H19N3. The number of aryl methyl sites for hydroxylation is 1. The van der Waals surface area contributed by atoms with Gasteiger partial charge in [0.25, 0.3) is 0 Å². The molecule has 0 aliphatic rings. The van der Waals surface area contributed by atoms with E-state index in [1.807, 2.05) is 18.2 Å². The molecule has 0 radical (unpaired) electrons. The van der Waals surface area contributed by atoms with Gasteiger partial charge in [0.1, 0.15) is 0 Å². The Morgan fingerprint density at radius 3 is 2.21 bits per heavy atom. The Kier molecular flexibility index (Phi) is 3.99. The largest absolute Gasteiger partial charge is 0.275 e. The van der Waals surface area contributed by atoms with Gasteiger partial charge >= 0.3 is 0 Å². The van der Waals surface area contributed by atoms with Crippen molar-refractivity contribution in [2.45, 2.75) is 6.92 Å². The van der Waals surface area contributed by atoms with Crippen LogP contribution in [-0.2, 0) is 0 Å². The molecule has 1 heterocycles. The zero-order valence-electron chi connectivity index (χ0n) is 15.6. The molecule has 5 aromatic rings. The van der Waals surface area contributed by atoms with Gasteiger partial charge in [-0.05, 0) is 35.9 Å². The summed E-state index contributed by atoms with van der Waals surface area (Å²) in [5.41, 5.74) is 4.38. The van der Waals surface area contributed by atoms with Gasteiger partial charge in [-0.1, -0.05) is 84.4 Å². The van der Waals surface area contributed by atoms with Crippen molar-refractivity contribution in [1.29, 1.82) is 0 Å². The summed E-state index contributed by atoms with van der Waals surface area (Å²) in [5.74, 6) is 1.69. The molecule has 3 heteroatoms. The Morgan fingerprint density at radius 1 is 0.643 bits per heavy atom. The average molecular weight is 361 g/mol. The first-order chi connectivity index (χ1) is 13.8. The van der Waals surface area contributed by atoms with Crippen molar-refractivity contribution in [2.24, 2.45) is 0 Å². The molecule has 5 rings (SSSR count). The fraction of sp³-hybridized carbons (Fsp3) is 0.0400. The van der Waals surface area contributed by atoms with Gasteiger partial charge < -0.3 is 0 Å². The molecule has 1 aromatic heterocycles. The van der Waals surface area contributed by atoms with E-state index in [0.717, 1.165) is 28.5 Å². The number of hydrogen-bond acceptors (Lipinski definition) is 2. The van der Waals surface area contributed by atoms with Crippen LogP contribution in [0.5, 0.6) is 0 Å². The topological polar surface area (TPSA) is 30.7 Å². The highest BCUT2D eigenvalue weighted by molar-refractivity contribution is 5.95. The number of aromatic nitrogens is 3. The molecule has 0 saturated carbocycles. The smallest absolute Gasteiger partial charge is 0.169 e. The Morgan fingerprint density at radius 2 is 1.36 bits per heavy atom. The van der Waals surface area contributed by atoms with Gasteiger partial charge in [-0.3, -0.25) is 4.57 Å². The van der Waals surface area contributed by atoms with E-state index in [4.69, 9.17) is 0 Å². The second kappa shape index (κ2) is 6.78. The van der Waals surface area contributed by atoms with Crippen LogP contribution < -0.4 is 0 Å². The first-order valence-corrected chi connectivity index (χ1v) is 9.37. The summed E-state index contributed by atoms with van der Waals surface area (Å²) in [6, 6.07) is 33.4. The van der Waals surface area contributed by atoms with E-state index in [9.17, 15) is 0 Å². The van der Waals surface area contributed by atoms with Gasteiger partial charge in [-0.15, -0.1) is 10.2 Å². The van der Waals surface area contributed by atoms with Crippen LogP contribution in [-0.4, -0.2) is 14.8 Å². The first-order valence-electron chi connectivity index (χ1n) is 9.37. The SMILES string of the molecule is Cc1cccc(-c2nnc(-c3cccc4ccccc34)n2-c2ccccc2)c1. The van der Waals surface area contributed by atoms with Crippen LogP contribution in [0.3, 0.4) is 0 Å². The lowest BCUT2D eigenvalue weighted by Crippen LogP contribution is -2.00. The van der Waals surface area contributed by atoms with Crippen molar-refractivity contribution in [2.75, 3.05) is 0 Å². The van der Waals surface area contributed by atoms with E-state index in [1.54, 1.807) is 0 Å². The van der Waals surface area contributed by atoms with Crippen molar-refractivity contribution in [3.05, 3.63) is 103 Å². The molecule has 0 bridgehead atoms. The molecule has 134 valence electrons. The first kappa shape index (κ1) is 16.5. The summed E-state index contributed by atoms with van der Waals surface area (Å²) in [6.07, 6.45) is 0. The summed E-state index contributed by atoms with van der Waals surface area (Å²) in [6.45, 7) is 2.10. The monoisotopic (exact) mass is 361 g/mol. The summed E-state index contributed by atoms with van der Waals surface area (Å²) in [5, 5.41) is 11.6. The molecular weight excluding hydrogens is 342 g/mol. The van der Waals surface area contributed by atoms with Crippen molar-refractivity contribution >= 4 is 10.8 Å². The average Bonchev–Trinajstić information content (AvgIpc) is 3.19. The maximum Gasteiger partial charge on any atom is 0.169 e. The number of fused-ring (bicyclic) bond motifs is 1. The predicted molar refractivity (Wildman–Crippen MR) is 114 cm³/mol. The Labute approximate surface area is 163 Å². The molecule has 0 spiro atoms. The molecule has 0 amide bonds. The Hall–Kier alpha value is -3.72. The Balaban J connectivity index is 1.82. The molecule has 3 nitrogen and oxygen atoms in total. The van der Waals surface area contributed by atoms with E-state index in [-0.39, 0.29) is 0 Å². The molecule has 0 unspecified atom stereocenters. The fourth-order valence-electron chi connectivity index (χ4n) is 3.67. The molecule has 0 N–H and O–H groups in total. The van der Waals surface area contributed by atoms with Gasteiger partial charge in [-0.25, -0.2) is 0 Å². The maximum atomic E-state index is 4.63. The number of benzene rings is 4. The van der Waals surface area contributed by atoms with E-state index in [1.165, 1.54) is 16.3 Å². The predicted octanol–water partition coefficient (Wildman–Crippen LogP) is 6.06. The third-order valence-electron chi connectivity index (χ3n) is 4.98. The van der Waals surface area contributed by atoms with Crippen LogP contribution in [0.1, 0.15) is 5.56 Å². The summed E-state index contributed by atoms with van der Waals surface area (Å²) >= 11 is 0. The zero-order valence-corrected chi connectivity index (χ0v) is 15.6. The van der Waals surface area contributed by atoms with Crippen molar-refractivity contribution in [3.63, 3.8) is 0 Å². The number of para-hydroxylation sites is 1. The highest BCUT2D eigenvalue weighted by Gasteiger charge is 2.18. The quantitative estimate of drug-likeness (QED) is 0.391. The molecule has 0 atom stereocenters. The van der Waals surface area contributed by atoms with E-state index < -0.39 is 0 Å². The second-order valence-electron chi connectivity index (χ2n) is 6.91. The summed E-state index contributed by atoms with van der Waals surface area (Å²) < 4.78 is 2.15. The van der Waals surface area contributed by atoms with Gasteiger partial charge in [-0.2, -0.15) is 0 Å². The van der Waals surface area contributed by atoms with E-state index in [2.05, 4.69) is 101 Å². The number of rotatable bonds is 3. The molecule has 0 aliphatic carbocycles. The fourth-order valence-corrected chi connectivity index (χ4v) is 3.67. The number of hydrogen-bond donors (Lipinski definition) is 0. The van der Waals surface area contributed by atoms with Crippen molar-refractivity contribution < 1.29 is 0 Å². The molecule has 0 saturated heterocycles. The minimum absolute atomic E-state index is 0.845. The zero-order chi connectivity index (χ0) is 18.9. The lowest BCUT2D eigenvalue weighted by molar-refractivity contribution is 1.07. The lowest BCUT2D eigenvalue weighted by Gasteiger charge is -2.12. The third kappa shape index (κ3) is 2.78. The third-order valence-corrected chi connectivity index (χ3v) is 4.98. The minimum Gasteiger partial charge on any atom is -0.275 e. The van der Waals surface area contributed by atoms with Crippen molar-refractivity contribution in [3.8, 4) is 28.5 Å². The normalized spacial score (nSPS) is 11.0. The molecule has 0 fully saturated rings. The highest BCUT2D eigenvalue weighted by atomic mass is 15.3. The second-order valence-corrected chi connectivity index (χ2v) is 6.91. The van der Waals surface area contributed by atoms with Crippen molar-refractivity contribution in [1.82, 2.24) is 14.8 Å². The van der Waals surface area contributed by atoms with Gasteiger partial charge in [0.2, 0.25) is 0 Å². The van der Waals surface area contributed by atoms with Crippen LogP contribution >= 0.6 is 0 Å². The van der Waals surface area contributed by atoms with Gasteiger partial charge in [0.05, 0.1) is 0 Å². The lowest BCUT2D eigenvalue weighted by atomic mass is 10.0. The summed E-state index contributed by atoms with van der Waals surface area (Å²) in [4.78, 5) is 0. The van der Waals surface area contributed by atoms with Crippen LogP contribution in [0.15, 0.2) is 97.1 Å². The van der Waals surface area contributed by atoms with Gasteiger partial charge in [0, 0.05) is 16.8 Å². The highest BCUT2D eigenvalue weighted by Crippen LogP contribution is 2.32. The minimum atomic E-state index is 0.845. The molecule has 4 aromatic carbocycles. The van der Waals surface area contributed by atoms with Crippen LogP contribution in [0.4, 0.5) is 0 Å². The maximum absolute atomic E-state index is 4.63. The molecule has 28 heavy (non-hydrogen) atoms. The van der Waals surface area contributed by atoms with Crippen LogP contribution in [0.25, 0.3) is 39.2 Å². The number of nitrogens with zero attached hydrogens (tertiary/aromatic N) is 3. The van der Waals surface area contributed by atoms with E-state index >= 15 is 0 Å². The van der Waals surface area contributed by atoms with Crippen LogP contribution in [0, 0.1) is 6.92 Å². The van der Waals surface area contributed by atoms with Gasteiger partial charge in [0.15, 0.2) is 11.6 Å². The Bertz CT molecular complexity index is 1260. The van der Waals surface area contributed by atoms with Crippen LogP contribution in [0.2, 0.25) is 0 Å².